The molecular formula is C13H17FN3O2+. The number of hydrogen-bond donors (Lipinski definition) is 3. The summed E-state index contributed by atoms with van der Waals surface area (Å²) >= 11 is 0. The van der Waals surface area contributed by atoms with E-state index in [1.54, 1.807) is 12.1 Å². The molecule has 1 aliphatic heterocycles. The van der Waals surface area contributed by atoms with Gasteiger partial charge >= 0.3 is 0 Å². The van der Waals surface area contributed by atoms with E-state index in [-0.39, 0.29) is 24.2 Å². The van der Waals surface area contributed by atoms with Crippen molar-refractivity contribution in [2.45, 2.75) is 6.54 Å². The van der Waals surface area contributed by atoms with Crippen molar-refractivity contribution in [2.24, 2.45) is 0 Å². The molecule has 0 spiro atoms. The van der Waals surface area contributed by atoms with Gasteiger partial charge in [0, 0.05) is 6.54 Å². The SMILES string of the molecule is O=C1C[NH+](CC(=O)NCc2ccc(F)cc2)CCN1. The first-order valence-corrected chi connectivity index (χ1v) is 6.25. The molecule has 1 aromatic carbocycles. The summed E-state index contributed by atoms with van der Waals surface area (Å²) in [7, 11) is 0. The number of piperazine rings is 1. The van der Waals surface area contributed by atoms with Gasteiger partial charge in [0.25, 0.3) is 11.8 Å². The van der Waals surface area contributed by atoms with Gasteiger partial charge in [-0.1, -0.05) is 12.1 Å². The maximum absolute atomic E-state index is 12.7. The zero-order valence-electron chi connectivity index (χ0n) is 10.5. The van der Waals surface area contributed by atoms with Gasteiger partial charge in [-0.2, -0.15) is 0 Å². The first-order chi connectivity index (χ1) is 9.13. The average Bonchev–Trinajstić information content (AvgIpc) is 2.38. The Morgan fingerprint density at radius 3 is 2.79 bits per heavy atom. The maximum Gasteiger partial charge on any atom is 0.275 e. The van der Waals surface area contributed by atoms with E-state index in [9.17, 15) is 14.0 Å². The van der Waals surface area contributed by atoms with Crippen LogP contribution in [0.1, 0.15) is 5.56 Å². The number of amides is 2. The van der Waals surface area contributed by atoms with E-state index in [1.807, 2.05) is 0 Å². The second-order valence-corrected chi connectivity index (χ2v) is 4.61. The summed E-state index contributed by atoms with van der Waals surface area (Å²) in [6, 6.07) is 6.00. The zero-order chi connectivity index (χ0) is 13.7. The van der Waals surface area contributed by atoms with Crippen LogP contribution in [0, 0.1) is 5.82 Å². The molecule has 102 valence electrons. The van der Waals surface area contributed by atoms with E-state index < -0.39 is 0 Å². The van der Waals surface area contributed by atoms with Crippen LogP contribution < -0.4 is 15.5 Å². The third-order valence-electron chi connectivity index (χ3n) is 3.02. The quantitative estimate of drug-likeness (QED) is 0.618. The summed E-state index contributed by atoms with van der Waals surface area (Å²) in [4.78, 5) is 23.8. The molecular weight excluding hydrogens is 249 g/mol. The molecule has 0 aromatic heterocycles. The highest BCUT2D eigenvalue weighted by Gasteiger charge is 2.21. The van der Waals surface area contributed by atoms with Crippen molar-refractivity contribution in [1.82, 2.24) is 10.6 Å². The molecule has 2 amide bonds. The number of benzene rings is 1. The molecule has 2 rings (SSSR count). The first kappa shape index (κ1) is 13.5. The van der Waals surface area contributed by atoms with Crippen molar-refractivity contribution in [3.05, 3.63) is 35.6 Å². The zero-order valence-corrected chi connectivity index (χ0v) is 10.5. The summed E-state index contributed by atoms with van der Waals surface area (Å²) < 4.78 is 12.7. The highest BCUT2D eigenvalue weighted by atomic mass is 19.1. The molecule has 3 N–H and O–H groups in total. The van der Waals surface area contributed by atoms with Crippen molar-refractivity contribution in [3.8, 4) is 0 Å². The number of halogens is 1. The molecule has 5 nitrogen and oxygen atoms in total. The van der Waals surface area contributed by atoms with E-state index in [2.05, 4.69) is 10.6 Å². The molecule has 1 aromatic rings. The molecule has 1 aliphatic rings. The third kappa shape index (κ3) is 4.33. The van der Waals surface area contributed by atoms with Crippen LogP contribution in [-0.4, -0.2) is 38.0 Å². The van der Waals surface area contributed by atoms with Crippen molar-refractivity contribution in [2.75, 3.05) is 26.2 Å². The average molecular weight is 266 g/mol. The normalized spacial score (nSPS) is 18.8. The number of hydrogen-bond acceptors (Lipinski definition) is 2. The van der Waals surface area contributed by atoms with Crippen LogP contribution in [0.4, 0.5) is 4.39 Å². The Balaban J connectivity index is 1.75. The van der Waals surface area contributed by atoms with Gasteiger partial charge in [-0.15, -0.1) is 0 Å². The number of carbonyl (C=O) groups is 2. The number of rotatable bonds is 4. The number of carbonyl (C=O) groups excluding carboxylic acids is 2. The van der Waals surface area contributed by atoms with Crippen molar-refractivity contribution in [3.63, 3.8) is 0 Å². The molecule has 6 heteroatoms. The van der Waals surface area contributed by atoms with Crippen LogP contribution in [0.25, 0.3) is 0 Å². The van der Waals surface area contributed by atoms with E-state index in [1.165, 1.54) is 12.1 Å². The minimum absolute atomic E-state index is 0.0208. The smallest absolute Gasteiger partial charge is 0.275 e. The second kappa shape index (κ2) is 6.29. The van der Waals surface area contributed by atoms with Gasteiger partial charge in [0.1, 0.15) is 5.82 Å². The fourth-order valence-electron chi connectivity index (χ4n) is 2.00. The summed E-state index contributed by atoms with van der Waals surface area (Å²) in [5, 5.41) is 5.49. The lowest BCUT2D eigenvalue weighted by Gasteiger charge is -2.22. The first-order valence-electron chi connectivity index (χ1n) is 6.25. The summed E-state index contributed by atoms with van der Waals surface area (Å²) in [6.45, 7) is 2.37. The summed E-state index contributed by atoms with van der Waals surface area (Å²) in [5.41, 5.74) is 0.848. The Bertz CT molecular complexity index is 461. The topological polar surface area (TPSA) is 62.6 Å². The Morgan fingerprint density at radius 2 is 2.11 bits per heavy atom. The lowest BCUT2D eigenvalue weighted by atomic mass is 10.2. The van der Waals surface area contributed by atoms with Crippen LogP contribution >= 0.6 is 0 Å². The largest absolute Gasteiger partial charge is 0.347 e. The van der Waals surface area contributed by atoms with Gasteiger partial charge in [-0.3, -0.25) is 9.59 Å². The molecule has 0 saturated carbocycles. The lowest BCUT2D eigenvalue weighted by Crippen LogP contribution is -3.16. The predicted molar refractivity (Wildman–Crippen MR) is 66.8 cm³/mol. The van der Waals surface area contributed by atoms with Crippen molar-refractivity contribution < 1.29 is 18.9 Å². The lowest BCUT2D eigenvalue weighted by molar-refractivity contribution is -0.885. The summed E-state index contributed by atoms with van der Waals surface area (Å²) in [5.74, 6) is -0.416. The van der Waals surface area contributed by atoms with Gasteiger partial charge < -0.3 is 15.5 Å². The number of nitrogens with one attached hydrogen (secondary N) is 3. The van der Waals surface area contributed by atoms with Crippen molar-refractivity contribution in [1.29, 1.82) is 0 Å². The van der Waals surface area contributed by atoms with E-state index in [4.69, 9.17) is 0 Å². The predicted octanol–water partition coefficient (Wildman–Crippen LogP) is -1.54. The van der Waals surface area contributed by atoms with E-state index in [0.29, 0.717) is 19.6 Å². The van der Waals surface area contributed by atoms with Crippen LogP contribution in [0.3, 0.4) is 0 Å². The molecule has 1 saturated heterocycles. The van der Waals surface area contributed by atoms with Gasteiger partial charge in [0.05, 0.1) is 13.1 Å². The van der Waals surface area contributed by atoms with E-state index in [0.717, 1.165) is 17.0 Å². The molecule has 1 unspecified atom stereocenters. The fraction of sp³-hybridized carbons (Fsp3) is 0.385. The molecule has 0 bridgehead atoms. The molecule has 1 fully saturated rings. The molecule has 0 aliphatic carbocycles. The maximum atomic E-state index is 12.7. The summed E-state index contributed by atoms with van der Waals surface area (Å²) in [6.07, 6.45) is 0. The molecule has 19 heavy (non-hydrogen) atoms. The molecule has 1 atom stereocenters. The Labute approximate surface area is 110 Å². The van der Waals surface area contributed by atoms with Gasteiger partial charge in [0.2, 0.25) is 0 Å². The van der Waals surface area contributed by atoms with E-state index >= 15 is 0 Å². The van der Waals surface area contributed by atoms with Crippen LogP contribution in [0.2, 0.25) is 0 Å². The Hall–Kier alpha value is -1.95. The highest BCUT2D eigenvalue weighted by Crippen LogP contribution is 2.01. The van der Waals surface area contributed by atoms with Crippen LogP contribution in [0.5, 0.6) is 0 Å². The molecule has 1 heterocycles. The number of quaternary nitrogens is 1. The molecule has 0 radical (unpaired) electrons. The van der Waals surface area contributed by atoms with Gasteiger partial charge in [-0.25, -0.2) is 4.39 Å². The van der Waals surface area contributed by atoms with Crippen LogP contribution in [-0.2, 0) is 16.1 Å². The minimum atomic E-state index is -0.293. The fourth-order valence-corrected chi connectivity index (χ4v) is 2.00. The van der Waals surface area contributed by atoms with Crippen LogP contribution in [0.15, 0.2) is 24.3 Å². The van der Waals surface area contributed by atoms with Gasteiger partial charge in [0.15, 0.2) is 13.1 Å². The Kier molecular flexibility index (Phi) is 4.46. The van der Waals surface area contributed by atoms with Crippen molar-refractivity contribution >= 4 is 11.8 Å². The Morgan fingerprint density at radius 1 is 1.37 bits per heavy atom. The highest BCUT2D eigenvalue weighted by molar-refractivity contribution is 5.79. The monoisotopic (exact) mass is 266 g/mol. The third-order valence-corrected chi connectivity index (χ3v) is 3.02. The standard InChI is InChI=1S/C13H16FN3O2/c14-11-3-1-10(2-4-11)7-16-13(19)9-17-6-5-15-12(18)8-17/h1-4H,5-9H2,(H,15,18)(H,16,19)/p+1. The van der Waals surface area contributed by atoms with Gasteiger partial charge in [-0.05, 0) is 17.7 Å². The second-order valence-electron chi connectivity index (χ2n) is 4.61. The minimum Gasteiger partial charge on any atom is -0.347 e.